The molecular weight excluding hydrogens is 227 g/mol. The fourth-order valence-electron chi connectivity index (χ4n) is 1.50. The second kappa shape index (κ2) is 4.20. The van der Waals surface area contributed by atoms with E-state index < -0.39 is 11.7 Å². The molecule has 2 aromatic rings. The van der Waals surface area contributed by atoms with E-state index in [2.05, 4.69) is 4.98 Å². The van der Waals surface area contributed by atoms with Crippen LogP contribution < -0.4 is 0 Å². The third-order valence-electron chi connectivity index (χ3n) is 2.45. The van der Waals surface area contributed by atoms with Crippen molar-refractivity contribution in [3.8, 4) is 11.1 Å². The van der Waals surface area contributed by atoms with E-state index in [1.807, 2.05) is 19.1 Å². The molecule has 0 aliphatic carbocycles. The first-order valence-corrected chi connectivity index (χ1v) is 5.06. The van der Waals surface area contributed by atoms with Gasteiger partial charge in [-0.25, -0.2) is 0 Å². The van der Waals surface area contributed by atoms with Crippen LogP contribution in [-0.2, 0) is 6.18 Å². The number of halogens is 3. The highest BCUT2D eigenvalue weighted by molar-refractivity contribution is 5.63. The minimum absolute atomic E-state index is 0.472. The van der Waals surface area contributed by atoms with Crippen LogP contribution in [0.25, 0.3) is 11.1 Å². The van der Waals surface area contributed by atoms with Crippen molar-refractivity contribution in [1.82, 2.24) is 4.98 Å². The van der Waals surface area contributed by atoms with Gasteiger partial charge in [-0.15, -0.1) is 0 Å². The largest absolute Gasteiger partial charge is 0.417 e. The van der Waals surface area contributed by atoms with Gasteiger partial charge in [0.15, 0.2) is 0 Å². The van der Waals surface area contributed by atoms with E-state index in [4.69, 9.17) is 0 Å². The van der Waals surface area contributed by atoms with Gasteiger partial charge in [-0.05, 0) is 18.6 Å². The number of hydrogen-bond acceptors (Lipinski definition) is 1. The van der Waals surface area contributed by atoms with Crippen LogP contribution in [0.2, 0.25) is 0 Å². The molecule has 0 atom stereocenters. The van der Waals surface area contributed by atoms with Gasteiger partial charge >= 0.3 is 6.18 Å². The number of pyridine rings is 1. The van der Waals surface area contributed by atoms with Crippen LogP contribution in [0, 0.1) is 6.92 Å². The molecule has 0 N–H and O–H groups in total. The zero-order valence-corrected chi connectivity index (χ0v) is 9.12. The van der Waals surface area contributed by atoms with Crippen molar-refractivity contribution in [2.75, 3.05) is 0 Å². The monoisotopic (exact) mass is 237 g/mol. The van der Waals surface area contributed by atoms with Gasteiger partial charge in [0.2, 0.25) is 0 Å². The predicted molar refractivity (Wildman–Crippen MR) is 59.4 cm³/mol. The van der Waals surface area contributed by atoms with Crippen molar-refractivity contribution in [3.63, 3.8) is 0 Å². The lowest BCUT2D eigenvalue weighted by Gasteiger charge is -2.08. The lowest BCUT2D eigenvalue weighted by atomic mass is 10.0. The number of benzene rings is 1. The molecule has 4 heteroatoms. The Bertz CT molecular complexity index is 515. The van der Waals surface area contributed by atoms with Crippen molar-refractivity contribution < 1.29 is 13.2 Å². The molecule has 88 valence electrons. The molecule has 0 fully saturated rings. The second-order valence-corrected chi connectivity index (χ2v) is 3.83. The van der Waals surface area contributed by atoms with Gasteiger partial charge in [-0.3, -0.25) is 4.98 Å². The van der Waals surface area contributed by atoms with Gasteiger partial charge in [0.1, 0.15) is 0 Å². The Morgan fingerprint density at radius 1 is 0.941 bits per heavy atom. The smallest absolute Gasteiger partial charge is 0.263 e. The summed E-state index contributed by atoms with van der Waals surface area (Å²) in [6, 6.07) is 8.39. The van der Waals surface area contributed by atoms with Crippen molar-refractivity contribution in [1.29, 1.82) is 0 Å². The topological polar surface area (TPSA) is 12.9 Å². The Hall–Kier alpha value is -1.84. The fraction of sp³-hybridized carbons (Fsp3) is 0.154. The molecule has 0 aliphatic heterocycles. The molecule has 1 nitrogen and oxygen atoms in total. The lowest BCUT2D eigenvalue weighted by molar-refractivity contribution is -0.137. The summed E-state index contributed by atoms with van der Waals surface area (Å²) < 4.78 is 37.5. The maximum Gasteiger partial charge on any atom is 0.417 e. The first kappa shape index (κ1) is 11.6. The van der Waals surface area contributed by atoms with E-state index in [1.165, 1.54) is 6.20 Å². The minimum Gasteiger partial charge on any atom is -0.263 e. The molecule has 0 bridgehead atoms. The zero-order valence-electron chi connectivity index (χ0n) is 9.12. The van der Waals surface area contributed by atoms with E-state index in [1.54, 1.807) is 12.1 Å². The normalized spacial score (nSPS) is 11.5. The van der Waals surface area contributed by atoms with Gasteiger partial charge in [-0.2, -0.15) is 13.2 Å². The standard InChI is InChI=1S/C13H10F3N/c1-9-2-4-10(5-3-9)11-6-12(8-17-7-11)13(14,15)16/h2-8H,1H3. The van der Waals surface area contributed by atoms with Crippen molar-refractivity contribution in [3.05, 3.63) is 53.9 Å². The average molecular weight is 237 g/mol. The van der Waals surface area contributed by atoms with Crippen LogP contribution in [0.5, 0.6) is 0 Å². The molecule has 1 aromatic carbocycles. The van der Waals surface area contributed by atoms with Crippen LogP contribution in [0.3, 0.4) is 0 Å². The highest BCUT2D eigenvalue weighted by Gasteiger charge is 2.31. The molecule has 0 amide bonds. The quantitative estimate of drug-likeness (QED) is 0.728. The van der Waals surface area contributed by atoms with Gasteiger partial charge in [0.05, 0.1) is 5.56 Å². The minimum atomic E-state index is -4.35. The van der Waals surface area contributed by atoms with E-state index in [0.717, 1.165) is 23.4 Å². The summed E-state index contributed by atoms with van der Waals surface area (Å²) in [7, 11) is 0. The molecule has 1 heterocycles. The molecule has 1 aromatic heterocycles. The summed E-state index contributed by atoms with van der Waals surface area (Å²) in [6.45, 7) is 1.92. The summed E-state index contributed by atoms with van der Waals surface area (Å²) in [6.07, 6.45) is -2.09. The lowest BCUT2D eigenvalue weighted by Crippen LogP contribution is -2.05. The molecule has 0 unspecified atom stereocenters. The summed E-state index contributed by atoms with van der Waals surface area (Å²) in [5, 5.41) is 0. The van der Waals surface area contributed by atoms with Crippen LogP contribution in [0.1, 0.15) is 11.1 Å². The first-order valence-electron chi connectivity index (χ1n) is 5.06. The van der Waals surface area contributed by atoms with Crippen LogP contribution in [-0.4, -0.2) is 4.98 Å². The van der Waals surface area contributed by atoms with E-state index in [-0.39, 0.29) is 0 Å². The maximum atomic E-state index is 12.5. The molecule has 0 saturated carbocycles. The Labute approximate surface area is 96.9 Å². The molecule has 0 spiro atoms. The average Bonchev–Trinajstić information content (AvgIpc) is 2.29. The molecule has 0 saturated heterocycles. The molecule has 2 rings (SSSR count). The van der Waals surface area contributed by atoms with Gasteiger partial charge < -0.3 is 0 Å². The Balaban J connectivity index is 2.43. The Kier molecular flexibility index (Phi) is 2.88. The molecular formula is C13H10F3N. The first-order chi connectivity index (χ1) is 7.97. The Morgan fingerprint density at radius 2 is 1.59 bits per heavy atom. The molecule has 0 radical (unpaired) electrons. The number of hydrogen-bond donors (Lipinski definition) is 0. The molecule has 17 heavy (non-hydrogen) atoms. The zero-order chi connectivity index (χ0) is 12.5. The number of rotatable bonds is 1. The van der Waals surface area contributed by atoms with Crippen LogP contribution >= 0.6 is 0 Å². The van der Waals surface area contributed by atoms with E-state index in [9.17, 15) is 13.2 Å². The van der Waals surface area contributed by atoms with Gasteiger partial charge in [0.25, 0.3) is 0 Å². The number of nitrogens with zero attached hydrogens (tertiary/aromatic N) is 1. The second-order valence-electron chi connectivity index (χ2n) is 3.83. The van der Waals surface area contributed by atoms with E-state index in [0.29, 0.717) is 5.56 Å². The summed E-state index contributed by atoms with van der Waals surface area (Å²) in [5.74, 6) is 0. The third-order valence-corrected chi connectivity index (χ3v) is 2.45. The number of aromatic nitrogens is 1. The summed E-state index contributed by atoms with van der Waals surface area (Å²) in [4.78, 5) is 3.63. The highest BCUT2D eigenvalue weighted by atomic mass is 19.4. The Morgan fingerprint density at radius 3 is 2.18 bits per heavy atom. The number of alkyl halides is 3. The summed E-state index contributed by atoms with van der Waals surface area (Å²) >= 11 is 0. The summed E-state index contributed by atoms with van der Waals surface area (Å²) in [5.41, 5.74) is 1.54. The van der Waals surface area contributed by atoms with Crippen LogP contribution in [0.4, 0.5) is 13.2 Å². The SMILES string of the molecule is Cc1ccc(-c2cncc(C(F)(F)F)c2)cc1. The van der Waals surface area contributed by atoms with Crippen molar-refractivity contribution >= 4 is 0 Å². The number of aryl methyl sites for hydroxylation is 1. The third kappa shape index (κ3) is 2.64. The molecule has 0 aliphatic rings. The van der Waals surface area contributed by atoms with Crippen molar-refractivity contribution in [2.45, 2.75) is 13.1 Å². The fourth-order valence-corrected chi connectivity index (χ4v) is 1.50. The van der Waals surface area contributed by atoms with Crippen LogP contribution in [0.15, 0.2) is 42.7 Å². The van der Waals surface area contributed by atoms with Gasteiger partial charge in [-0.1, -0.05) is 29.8 Å². The van der Waals surface area contributed by atoms with Crippen molar-refractivity contribution in [2.24, 2.45) is 0 Å². The van der Waals surface area contributed by atoms with E-state index >= 15 is 0 Å². The van der Waals surface area contributed by atoms with Gasteiger partial charge in [0, 0.05) is 18.0 Å². The maximum absolute atomic E-state index is 12.5. The highest BCUT2D eigenvalue weighted by Crippen LogP contribution is 2.31. The predicted octanol–water partition coefficient (Wildman–Crippen LogP) is 4.08.